The van der Waals surface area contributed by atoms with Crippen LogP contribution in [0.2, 0.25) is 0 Å². The van der Waals surface area contributed by atoms with Crippen molar-refractivity contribution in [3.63, 3.8) is 0 Å². The molecule has 0 radical (unpaired) electrons. The number of rotatable bonds is 3. The van der Waals surface area contributed by atoms with E-state index in [-0.39, 0.29) is 24.0 Å². The second-order valence-corrected chi connectivity index (χ2v) is 4.64. The van der Waals surface area contributed by atoms with E-state index in [2.05, 4.69) is 5.16 Å². The van der Waals surface area contributed by atoms with E-state index in [1.54, 1.807) is 12.1 Å². The van der Waals surface area contributed by atoms with Gasteiger partial charge in [0.25, 0.3) is 0 Å². The van der Waals surface area contributed by atoms with Gasteiger partial charge in [-0.15, -0.1) is 0 Å². The van der Waals surface area contributed by atoms with Gasteiger partial charge in [0.05, 0.1) is 23.9 Å². The number of piperidine rings is 1. The van der Waals surface area contributed by atoms with Crippen LogP contribution in [0.15, 0.2) is 23.4 Å². The molecular formula is C13H18FN3O2. The Morgan fingerprint density at radius 1 is 1.47 bits per heavy atom. The van der Waals surface area contributed by atoms with Gasteiger partial charge in [-0.2, -0.15) is 0 Å². The van der Waals surface area contributed by atoms with E-state index in [0.29, 0.717) is 5.69 Å². The normalized spacial score (nSPS) is 20.6. The van der Waals surface area contributed by atoms with Crippen molar-refractivity contribution in [2.75, 3.05) is 18.1 Å². The standard InChI is InChI=1S/C13H18FN3O2/c14-10-5-3-6-11(12(10)13(15)16-19)17-7-2-1-4-9(17)8-18/h3,5-6,9,18-19H,1-2,4,7-8H2,(H2,15,16). The second-order valence-electron chi connectivity index (χ2n) is 4.64. The van der Waals surface area contributed by atoms with Gasteiger partial charge in [-0.05, 0) is 31.4 Å². The fourth-order valence-corrected chi connectivity index (χ4v) is 2.56. The summed E-state index contributed by atoms with van der Waals surface area (Å²) in [6.45, 7) is 0.729. The Hall–Kier alpha value is -1.82. The first-order valence-corrected chi connectivity index (χ1v) is 6.33. The number of nitrogens with two attached hydrogens (primary N) is 1. The first kappa shape index (κ1) is 13.6. The van der Waals surface area contributed by atoms with Gasteiger partial charge < -0.3 is 20.9 Å². The molecule has 0 aromatic heterocycles. The monoisotopic (exact) mass is 267 g/mol. The molecule has 0 spiro atoms. The van der Waals surface area contributed by atoms with Crippen LogP contribution in [0.1, 0.15) is 24.8 Å². The summed E-state index contributed by atoms with van der Waals surface area (Å²) in [6.07, 6.45) is 2.86. The highest BCUT2D eigenvalue weighted by Crippen LogP contribution is 2.29. The summed E-state index contributed by atoms with van der Waals surface area (Å²) in [5, 5.41) is 21.1. The Balaban J connectivity index is 2.46. The number of oxime groups is 1. The number of aliphatic hydroxyl groups excluding tert-OH is 1. The Morgan fingerprint density at radius 2 is 2.26 bits per heavy atom. The van der Waals surface area contributed by atoms with Crippen LogP contribution in [0.5, 0.6) is 0 Å². The van der Waals surface area contributed by atoms with Crippen LogP contribution < -0.4 is 10.6 Å². The lowest BCUT2D eigenvalue weighted by Crippen LogP contribution is -2.43. The third-order valence-electron chi connectivity index (χ3n) is 3.50. The van der Waals surface area contributed by atoms with E-state index < -0.39 is 5.82 Å². The lowest BCUT2D eigenvalue weighted by atomic mass is 10.00. The summed E-state index contributed by atoms with van der Waals surface area (Å²) in [7, 11) is 0. The lowest BCUT2D eigenvalue weighted by Gasteiger charge is -2.37. The summed E-state index contributed by atoms with van der Waals surface area (Å²) in [5.74, 6) is -0.787. The molecule has 104 valence electrons. The summed E-state index contributed by atoms with van der Waals surface area (Å²) >= 11 is 0. The molecule has 1 unspecified atom stereocenters. The number of amidine groups is 1. The van der Waals surface area contributed by atoms with Crippen LogP contribution in [-0.2, 0) is 0 Å². The number of nitrogens with zero attached hydrogens (tertiary/aromatic N) is 2. The van der Waals surface area contributed by atoms with Crippen molar-refractivity contribution in [3.05, 3.63) is 29.6 Å². The van der Waals surface area contributed by atoms with Crippen LogP contribution in [0.4, 0.5) is 10.1 Å². The Labute approximate surface area is 111 Å². The van der Waals surface area contributed by atoms with Crippen LogP contribution in [0.3, 0.4) is 0 Å². The minimum absolute atomic E-state index is 0.00608. The van der Waals surface area contributed by atoms with Crippen molar-refractivity contribution < 1.29 is 14.7 Å². The van der Waals surface area contributed by atoms with Crippen molar-refractivity contribution in [2.24, 2.45) is 10.9 Å². The van der Waals surface area contributed by atoms with Gasteiger partial charge in [-0.25, -0.2) is 4.39 Å². The predicted molar refractivity (Wildman–Crippen MR) is 71.0 cm³/mol. The number of halogens is 1. The summed E-state index contributed by atoms with van der Waals surface area (Å²) in [6, 6.07) is 4.53. The number of hydrogen-bond donors (Lipinski definition) is 3. The minimum atomic E-state index is -0.532. The van der Waals surface area contributed by atoms with Gasteiger partial charge in [0, 0.05) is 6.54 Å². The molecule has 19 heavy (non-hydrogen) atoms. The van der Waals surface area contributed by atoms with E-state index in [0.717, 1.165) is 25.8 Å². The Kier molecular flexibility index (Phi) is 4.21. The van der Waals surface area contributed by atoms with Crippen molar-refractivity contribution in [3.8, 4) is 0 Å². The zero-order valence-electron chi connectivity index (χ0n) is 10.6. The van der Waals surface area contributed by atoms with Gasteiger partial charge in [0.2, 0.25) is 0 Å². The van der Waals surface area contributed by atoms with Gasteiger partial charge in [-0.1, -0.05) is 11.2 Å². The van der Waals surface area contributed by atoms with Crippen LogP contribution in [0.25, 0.3) is 0 Å². The van der Waals surface area contributed by atoms with Crippen molar-refractivity contribution in [1.29, 1.82) is 0 Å². The molecule has 1 fully saturated rings. The molecule has 1 aromatic carbocycles. The molecule has 1 aliphatic rings. The van der Waals surface area contributed by atoms with E-state index in [4.69, 9.17) is 10.9 Å². The largest absolute Gasteiger partial charge is 0.409 e. The predicted octanol–water partition coefficient (Wildman–Crippen LogP) is 1.27. The topological polar surface area (TPSA) is 82.1 Å². The highest BCUT2D eigenvalue weighted by Gasteiger charge is 2.26. The maximum absolute atomic E-state index is 13.9. The number of benzene rings is 1. The molecule has 1 saturated heterocycles. The molecule has 4 N–H and O–H groups in total. The summed E-state index contributed by atoms with van der Waals surface area (Å²) < 4.78 is 13.9. The number of hydrogen-bond acceptors (Lipinski definition) is 4. The van der Waals surface area contributed by atoms with Gasteiger partial charge in [-0.3, -0.25) is 0 Å². The molecule has 0 saturated carbocycles. The van der Waals surface area contributed by atoms with E-state index in [1.165, 1.54) is 6.07 Å². The van der Waals surface area contributed by atoms with Crippen LogP contribution in [0, 0.1) is 5.82 Å². The fourth-order valence-electron chi connectivity index (χ4n) is 2.56. The van der Waals surface area contributed by atoms with Crippen LogP contribution >= 0.6 is 0 Å². The zero-order chi connectivity index (χ0) is 13.8. The third-order valence-corrected chi connectivity index (χ3v) is 3.50. The molecule has 1 aromatic rings. The molecule has 0 aliphatic carbocycles. The average molecular weight is 267 g/mol. The van der Waals surface area contributed by atoms with Crippen molar-refractivity contribution in [2.45, 2.75) is 25.3 Å². The highest BCUT2D eigenvalue weighted by atomic mass is 19.1. The molecule has 0 bridgehead atoms. The molecule has 2 rings (SSSR count). The van der Waals surface area contributed by atoms with Gasteiger partial charge in [0.1, 0.15) is 5.82 Å². The summed E-state index contributed by atoms with van der Waals surface area (Å²) in [4.78, 5) is 1.93. The third kappa shape index (κ3) is 2.63. The second kappa shape index (κ2) is 5.88. The molecule has 6 heteroatoms. The zero-order valence-corrected chi connectivity index (χ0v) is 10.6. The van der Waals surface area contributed by atoms with Gasteiger partial charge in [0.15, 0.2) is 5.84 Å². The molecule has 1 atom stereocenters. The van der Waals surface area contributed by atoms with E-state index in [1.807, 2.05) is 4.90 Å². The fraction of sp³-hybridized carbons (Fsp3) is 0.462. The molecule has 1 aliphatic heterocycles. The van der Waals surface area contributed by atoms with Crippen molar-refractivity contribution >= 4 is 11.5 Å². The quantitative estimate of drug-likeness (QED) is 0.333. The first-order valence-electron chi connectivity index (χ1n) is 6.33. The highest BCUT2D eigenvalue weighted by molar-refractivity contribution is 6.02. The minimum Gasteiger partial charge on any atom is -0.409 e. The SMILES string of the molecule is NC(=NO)c1c(F)cccc1N1CCCCC1CO. The molecular weight excluding hydrogens is 249 g/mol. The maximum atomic E-state index is 13.9. The number of anilines is 1. The van der Waals surface area contributed by atoms with E-state index in [9.17, 15) is 9.50 Å². The lowest BCUT2D eigenvalue weighted by molar-refractivity contribution is 0.240. The Bertz CT molecular complexity index is 479. The van der Waals surface area contributed by atoms with Crippen LogP contribution in [-0.4, -0.2) is 35.3 Å². The number of aliphatic hydroxyl groups is 1. The molecule has 0 amide bonds. The maximum Gasteiger partial charge on any atom is 0.175 e. The van der Waals surface area contributed by atoms with Gasteiger partial charge >= 0.3 is 0 Å². The Morgan fingerprint density at radius 3 is 2.95 bits per heavy atom. The first-order chi connectivity index (χ1) is 9.19. The van der Waals surface area contributed by atoms with E-state index >= 15 is 0 Å². The molecule has 1 heterocycles. The molecule has 5 nitrogen and oxygen atoms in total. The summed E-state index contributed by atoms with van der Waals surface area (Å²) in [5.41, 5.74) is 6.21. The average Bonchev–Trinajstić information content (AvgIpc) is 2.46. The van der Waals surface area contributed by atoms with Crippen molar-refractivity contribution in [1.82, 2.24) is 0 Å². The smallest absolute Gasteiger partial charge is 0.175 e.